The summed E-state index contributed by atoms with van der Waals surface area (Å²) in [6, 6.07) is 11.1. The zero-order valence-electron chi connectivity index (χ0n) is 13.6. The van der Waals surface area contributed by atoms with Crippen LogP contribution in [0.1, 0.15) is 5.56 Å². The van der Waals surface area contributed by atoms with Crippen molar-refractivity contribution in [3.63, 3.8) is 0 Å². The van der Waals surface area contributed by atoms with Gasteiger partial charge in [0.2, 0.25) is 0 Å². The van der Waals surface area contributed by atoms with Crippen LogP contribution in [0.5, 0.6) is 11.5 Å². The van der Waals surface area contributed by atoms with Crippen molar-refractivity contribution < 1.29 is 18.7 Å². The van der Waals surface area contributed by atoms with Gasteiger partial charge >= 0.3 is 0 Å². The number of halogens is 1. The van der Waals surface area contributed by atoms with Gasteiger partial charge in [0.15, 0.2) is 5.17 Å². The van der Waals surface area contributed by atoms with Gasteiger partial charge in [-0.1, -0.05) is 0 Å². The van der Waals surface area contributed by atoms with E-state index in [1.54, 1.807) is 44.6 Å². The molecule has 1 fully saturated rings. The fourth-order valence-electron chi connectivity index (χ4n) is 2.19. The standard InChI is InChI=1S/C18H15FN2O3S/c1-23-14-8-3-11(15(10-14)24-2)9-16-17(22)21-18(25-16)20-13-6-4-12(19)5-7-13/h3-10H,1-2H3,(H,20,21,22). The van der Waals surface area contributed by atoms with Gasteiger partial charge in [0.05, 0.1) is 24.8 Å². The topological polar surface area (TPSA) is 59.9 Å². The summed E-state index contributed by atoms with van der Waals surface area (Å²) in [6.45, 7) is 0. The van der Waals surface area contributed by atoms with Gasteiger partial charge in [-0.3, -0.25) is 4.79 Å². The van der Waals surface area contributed by atoms with Crippen LogP contribution in [0.2, 0.25) is 0 Å². The lowest BCUT2D eigenvalue weighted by Crippen LogP contribution is -2.19. The molecule has 0 radical (unpaired) electrons. The average molecular weight is 358 g/mol. The summed E-state index contributed by atoms with van der Waals surface area (Å²) in [5, 5.41) is 3.13. The van der Waals surface area contributed by atoms with Gasteiger partial charge in [-0.25, -0.2) is 9.38 Å². The summed E-state index contributed by atoms with van der Waals surface area (Å²) in [4.78, 5) is 16.9. The molecule has 0 aliphatic carbocycles. The minimum atomic E-state index is -0.334. The Kier molecular flexibility index (Phi) is 5.04. The van der Waals surface area contributed by atoms with E-state index >= 15 is 0 Å². The van der Waals surface area contributed by atoms with Crippen LogP contribution in [-0.2, 0) is 4.79 Å². The molecule has 7 heteroatoms. The maximum absolute atomic E-state index is 12.9. The lowest BCUT2D eigenvalue weighted by atomic mass is 10.1. The lowest BCUT2D eigenvalue weighted by molar-refractivity contribution is -0.115. The van der Waals surface area contributed by atoms with Crippen molar-refractivity contribution in [1.82, 2.24) is 5.32 Å². The Morgan fingerprint density at radius 3 is 2.56 bits per heavy atom. The highest BCUT2D eigenvalue weighted by Crippen LogP contribution is 2.32. The molecule has 0 aromatic heterocycles. The minimum Gasteiger partial charge on any atom is -0.497 e. The zero-order chi connectivity index (χ0) is 17.8. The van der Waals surface area contributed by atoms with Crippen molar-refractivity contribution in [3.8, 4) is 11.5 Å². The smallest absolute Gasteiger partial charge is 0.264 e. The van der Waals surface area contributed by atoms with E-state index in [1.165, 1.54) is 23.9 Å². The number of benzene rings is 2. The van der Waals surface area contributed by atoms with E-state index in [0.717, 1.165) is 5.56 Å². The van der Waals surface area contributed by atoms with Crippen molar-refractivity contribution in [1.29, 1.82) is 0 Å². The monoisotopic (exact) mass is 358 g/mol. The van der Waals surface area contributed by atoms with Crippen LogP contribution in [0.3, 0.4) is 0 Å². The number of hydrogen-bond donors (Lipinski definition) is 1. The van der Waals surface area contributed by atoms with E-state index in [1.807, 2.05) is 6.07 Å². The first-order chi connectivity index (χ1) is 12.1. The Morgan fingerprint density at radius 2 is 1.88 bits per heavy atom. The number of carbonyl (C=O) groups is 1. The van der Waals surface area contributed by atoms with E-state index < -0.39 is 0 Å². The SMILES string of the molecule is COc1ccc(C=C2SC(=Nc3ccc(F)cc3)NC2=O)c(OC)c1. The van der Waals surface area contributed by atoms with Crippen LogP contribution in [0.4, 0.5) is 10.1 Å². The molecular weight excluding hydrogens is 343 g/mol. The lowest BCUT2D eigenvalue weighted by Gasteiger charge is -2.07. The van der Waals surface area contributed by atoms with Crippen molar-refractivity contribution in [2.75, 3.05) is 14.2 Å². The molecule has 128 valence electrons. The summed E-state index contributed by atoms with van der Waals surface area (Å²) in [5.74, 6) is 0.688. The second-order valence-corrected chi connectivity index (χ2v) is 6.10. The number of methoxy groups -OCH3 is 2. The first-order valence-electron chi connectivity index (χ1n) is 7.36. The molecule has 1 aliphatic rings. The minimum absolute atomic E-state index is 0.247. The molecular formula is C18H15FN2O3S. The number of hydrogen-bond acceptors (Lipinski definition) is 5. The molecule has 2 aromatic rings. The second kappa shape index (κ2) is 7.40. The summed E-state index contributed by atoms with van der Waals surface area (Å²) in [7, 11) is 3.13. The van der Waals surface area contributed by atoms with Gasteiger partial charge in [0.25, 0.3) is 5.91 Å². The summed E-state index contributed by atoms with van der Waals surface area (Å²) >= 11 is 1.21. The molecule has 1 aliphatic heterocycles. The fraction of sp³-hybridized carbons (Fsp3) is 0.111. The molecule has 1 heterocycles. The molecule has 3 rings (SSSR count). The number of amidine groups is 1. The van der Waals surface area contributed by atoms with E-state index in [-0.39, 0.29) is 11.7 Å². The second-order valence-electron chi connectivity index (χ2n) is 5.07. The average Bonchev–Trinajstić information content (AvgIpc) is 2.96. The first kappa shape index (κ1) is 17.0. The first-order valence-corrected chi connectivity index (χ1v) is 8.18. The Balaban J connectivity index is 1.85. The third-order valence-corrected chi connectivity index (χ3v) is 4.35. The quantitative estimate of drug-likeness (QED) is 0.846. The van der Waals surface area contributed by atoms with Crippen LogP contribution < -0.4 is 14.8 Å². The third-order valence-electron chi connectivity index (χ3n) is 3.44. The van der Waals surface area contributed by atoms with Crippen molar-refractivity contribution in [3.05, 3.63) is 58.8 Å². The molecule has 5 nitrogen and oxygen atoms in total. The van der Waals surface area contributed by atoms with Crippen LogP contribution in [-0.4, -0.2) is 25.3 Å². The van der Waals surface area contributed by atoms with Crippen molar-refractivity contribution in [2.45, 2.75) is 0 Å². The van der Waals surface area contributed by atoms with Crippen LogP contribution in [0.25, 0.3) is 6.08 Å². The number of aliphatic imine (C=N–C) groups is 1. The van der Waals surface area contributed by atoms with E-state index in [4.69, 9.17) is 9.47 Å². The van der Waals surface area contributed by atoms with Crippen LogP contribution in [0.15, 0.2) is 52.4 Å². The highest BCUT2D eigenvalue weighted by atomic mass is 32.2. The zero-order valence-corrected chi connectivity index (χ0v) is 14.4. The number of thioether (sulfide) groups is 1. The number of nitrogens with zero attached hydrogens (tertiary/aromatic N) is 1. The predicted molar refractivity (Wildman–Crippen MR) is 96.8 cm³/mol. The fourth-order valence-corrected chi connectivity index (χ4v) is 3.03. The van der Waals surface area contributed by atoms with Crippen LogP contribution in [0, 0.1) is 5.82 Å². The van der Waals surface area contributed by atoms with Crippen molar-refractivity contribution in [2.24, 2.45) is 4.99 Å². The molecule has 1 N–H and O–H groups in total. The number of carbonyl (C=O) groups excluding carboxylic acids is 1. The summed E-state index contributed by atoms with van der Waals surface area (Å²) in [5.41, 5.74) is 1.32. The summed E-state index contributed by atoms with van der Waals surface area (Å²) < 4.78 is 23.4. The highest BCUT2D eigenvalue weighted by Gasteiger charge is 2.24. The van der Waals surface area contributed by atoms with Crippen LogP contribution >= 0.6 is 11.8 Å². The molecule has 0 spiro atoms. The maximum atomic E-state index is 12.9. The van der Waals surface area contributed by atoms with Gasteiger partial charge in [0.1, 0.15) is 17.3 Å². The maximum Gasteiger partial charge on any atom is 0.264 e. The molecule has 25 heavy (non-hydrogen) atoms. The Labute approximate surface area is 148 Å². The number of ether oxygens (including phenoxy) is 2. The summed E-state index contributed by atoms with van der Waals surface area (Å²) in [6.07, 6.45) is 1.73. The molecule has 0 bridgehead atoms. The molecule has 0 saturated carbocycles. The molecule has 0 atom stereocenters. The Morgan fingerprint density at radius 1 is 1.12 bits per heavy atom. The number of amides is 1. The van der Waals surface area contributed by atoms with E-state index in [9.17, 15) is 9.18 Å². The molecule has 1 saturated heterocycles. The molecule has 0 unspecified atom stereocenters. The number of rotatable bonds is 4. The van der Waals surface area contributed by atoms with Gasteiger partial charge in [-0.15, -0.1) is 0 Å². The van der Waals surface area contributed by atoms with E-state index in [2.05, 4.69) is 10.3 Å². The number of nitrogens with one attached hydrogen (secondary N) is 1. The Hall–Kier alpha value is -2.80. The molecule has 2 aromatic carbocycles. The van der Waals surface area contributed by atoms with Gasteiger partial charge < -0.3 is 14.8 Å². The van der Waals surface area contributed by atoms with Gasteiger partial charge in [0, 0.05) is 11.6 Å². The highest BCUT2D eigenvalue weighted by molar-refractivity contribution is 8.18. The largest absolute Gasteiger partial charge is 0.497 e. The van der Waals surface area contributed by atoms with Gasteiger partial charge in [-0.05, 0) is 54.2 Å². The van der Waals surface area contributed by atoms with E-state index in [0.29, 0.717) is 27.3 Å². The van der Waals surface area contributed by atoms with Crippen molar-refractivity contribution >= 4 is 34.6 Å². The predicted octanol–water partition coefficient (Wildman–Crippen LogP) is 3.73. The van der Waals surface area contributed by atoms with Gasteiger partial charge in [-0.2, -0.15) is 0 Å². The Bertz CT molecular complexity index is 863. The normalized spacial score (nSPS) is 17.0. The molecule has 1 amide bonds. The third kappa shape index (κ3) is 4.00.